The second-order valence-electron chi connectivity index (χ2n) is 11.6. The van der Waals surface area contributed by atoms with E-state index in [-0.39, 0.29) is 36.0 Å². The molecule has 5 aromatic rings. The van der Waals surface area contributed by atoms with Crippen molar-refractivity contribution in [1.82, 2.24) is 25.4 Å². The van der Waals surface area contributed by atoms with Crippen molar-refractivity contribution < 1.29 is 22.8 Å². The third kappa shape index (κ3) is 7.58. The van der Waals surface area contributed by atoms with Gasteiger partial charge in [-0.25, -0.2) is 13.8 Å². The molecular formula is C36H32F2N6O3. The highest BCUT2D eigenvalue weighted by Crippen LogP contribution is 2.36. The molecule has 2 aromatic heterocycles. The van der Waals surface area contributed by atoms with Gasteiger partial charge in [-0.05, 0) is 102 Å². The minimum Gasteiger partial charge on any atom is -0.419 e. The van der Waals surface area contributed by atoms with Crippen molar-refractivity contribution in [1.29, 1.82) is 0 Å². The van der Waals surface area contributed by atoms with E-state index >= 15 is 0 Å². The van der Waals surface area contributed by atoms with Gasteiger partial charge in [0, 0.05) is 36.5 Å². The topological polar surface area (TPSA) is 127 Å². The lowest BCUT2D eigenvalue weighted by molar-refractivity contribution is -0.116. The number of carbonyl (C=O) groups excluding carboxylic acids is 2. The van der Waals surface area contributed by atoms with E-state index in [2.05, 4.69) is 20.5 Å². The summed E-state index contributed by atoms with van der Waals surface area (Å²) in [5.41, 5.74) is 9.42. The van der Waals surface area contributed by atoms with Gasteiger partial charge >= 0.3 is 0 Å². The Morgan fingerprint density at radius 1 is 0.936 bits per heavy atom. The number of carbonyl (C=O) groups is 2. The quantitative estimate of drug-likeness (QED) is 0.187. The Kier molecular flexibility index (Phi) is 8.88. The maximum absolute atomic E-state index is 14.2. The van der Waals surface area contributed by atoms with Crippen LogP contribution >= 0.6 is 0 Å². The molecule has 3 heterocycles. The van der Waals surface area contributed by atoms with Crippen molar-refractivity contribution in [2.45, 2.75) is 32.0 Å². The Labute approximate surface area is 270 Å². The number of nitrogen functional groups attached to an aromatic ring is 1. The minimum atomic E-state index is -1.23. The first-order valence-electron chi connectivity index (χ1n) is 15.1. The number of alkyl halides is 1. The molecule has 1 fully saturated rings. The van der Waals surface area contributed by atoms with Crippen LogP contribution in [0.25, 0.3) is 39.8 Å². The smallest absolute Gasteiger partial charge is 0.253 e. The Hall–Kier alpha value is -5.71. The first-order valence-corrected chi connectivity index (χ1v) is 15.1. The highest BCUT2D eigenvalue weighted by atomic mass is 19.1. The van der Waals surface area contributed by atoms with Gasteiger partial charge in [-0.3, -0.25) is 9.59 Å². The molecule has 6 rings (SSSR count). The molecular weight excluding hydrogens is 602 g/mol. The van der Waals surface area contributed by atoms with Crippen LogP contribution in [0.5, 0.6) is 0 Å². The minimum absolute atomic E-state index is 0.00964. The number of hydrogen-bond acceptors (Lipinski definition) is 7. The molecule has 0 aliphatic carbocycles. The van der Waals surface area contributed by atoms with E-state index in [1.54, 1.807) is 60.5 Å². The van der Waals surface area contributed by atoms with E-state index < -0.39 is 5.67 Å². The van der Waals surface area contributed by atoms with Crippen LogP contribution in [0.15, 0.2) is 95.6 Å². The van der Waals surface area contributed by atoms with Gasteiger partial charge in [0.25, 0.3) is 5.91 Å². The van der Waals surface area contributed by atoms with E-state index in [1.807, 2.05) is 30.3 Å². The van der Waals surface area contributed by atoms with Gasteiger partial charge in [0.2, 0.25) is 17.7 Å². The van der Waals surface area contributed by atoms with Crippen LogP contribution in [0.2, 0.25) is 0 Å². The maximum Gasteiger partial charge on any atom is 0.253 e. The van der Waals surface area contributed by atoms with Crippen molar-refractivity contribution in [2.24, 2.45) is 0 Å². The van der Waals surface area contributed by atoms with Crippen LogP contribution < -0.4 is 11.1 Å². The fourth-order valence-electron chi connectivity index (χ4n) is 5.29. The van der Waals surface area contributed by atoms with Crippen LogP contribution in [0.3, 0.4) is 0 Å². The van der Waals surface area contributed by atoms with Crippen LogP contribution in [0.1, 0.15) is 41.6 Å². The molecule has 0 bridgehead atoms. The third-order valence-corrected chi connectivity index (χ3v) is 8.08. The molecule has 47 heavy (non-hydrogen) atoms. The average Bonchev–Trinajstić information content (AvgIpc) is 3.56. The predicted octanol–water partition coefficient (Wildman–Crippen LogP) is 6.48. The maximum atomic E-state index is 14.2. The third-order valence-electron chi connectivity index (χ3n) is 8.08. The number of nitrogens with two attached hydrogens (primary N) is 1. The summed E-state index contributed by atoms with van der Waals surface area (Å²) in [5.74, 6) is -0.0161. The van der Waals surface area contributed by atoms with E-state index in [0.717, 1.165) is 27.8 Å². The Morgan fingerprint density at radius 3 is 2.34 bits per heavy atom. The molecule has 1 aliphatic rings. The average molecular weight is 635 g/mol. The van der Waals surface area contributed by atoms with E-state index in [9.17, 15) is 18.4 Å². The van der Waals surface area contributed by atoms with Gasteiger partial charge in [0.05, 0.1) is 6.54 Å². The molecule has 9 nitrogen and oxygen atoms in total. The van der Waals surface area contributed by atoms with Crippen LogP contribution in [0.4, 0.5) is 14.6 Å². The fraction of sp³-hybridized carbons (Fsp3) is 0.194. The van der Waals surface area contributed by atoms with Crippen molar-refractivity contribution in [3.63, 3.8) is 0 Å². The summed E-state index contributed by atoms with van der Waals surface area (Å²) < 4.78 is 34.0. The zero-order valence-corrected chi connectivity index (χ0v) is 25.6. The highest BCUT2D eigenvalue weighted by Gasteiger charge is 2.31. The van der Waals surface area contributed by atoms with Gasteiger partial charge in [0.15, 0.2) is 0 Å². The summed E-state index contributed by atoms with van der Waals surface area (Å²) in [6, 6.07) is 22.4. The number of piperidine rings is 1. The number of amides is 2. The van der Waals surface area contributed by atoms with Gasteiger partial charge in [-0.2, -0.15) is 0 Å². The molecule has 0 atom stereocenters. The molecule has 3 N–H and O–H groups in total. The predicted molar refractivity (Wildman–Crippen MR) is 175 cm³/mol. The number of nitrogens with zero attached hydrogens (tertiary/aromatic N) is 4. The second-order valence-corrected chi connectivity index (χ2v) is 11.6. The molecule has 11 heteroatoms. The summed E-state index contributed by atoms with van der Waals surface area (Å²) in [7, 11) is 0. The molecule has 0 radical (unpaired) electrons. The van der Waals surface area contributed by atoms with Gasteiger partial charge in [0.1, 0.15) is 17.3 Å². The van der Waals surface area contributed by atoms with Gasteiger partial charge < -0.3 is 20.4 Å². The number of aromatic nitrogens is 3. The number of nitrogens with one attached hydrogen (secondary N) is 1. The lowest BCUT2D eigenvalue weighted by Gasteiger charge is -2.34. The first kappa shape index (κ1) is 31.3. The standard InChI is InChI=1S/C36H32F2N6O3/c1-36(38)16-18-44(19-17-36)35(46)26-6-4-24(5-7-26)27-10-13-29(30(20-27)25-8-11-28(37)12-9-25)34-43-42-33(47-34)22-41-32(45)15-3-23-2-14-31(39)40-21-23/h2-15,20-21H,16-19,22H2,1H3,(H2,39,40)(H,41,45)/b15-3+. The summed E-state index contributed by atoms with van der Waals surface area (Å²) in [6.07, 6.45) is 5.19. The van der Waals surface area contributed by atoms with Gasteiger partial charge in [-0.15, -0.1) is 10.2 Å². The summed E-state index contributed by atoms with van der Waals surface area (Å²) >= 11 is 0. The van der Waals surface area contributed by atoms with E-state index in [1.165, 1.54) is 18.2 Å². The largest absolute Gasteiger partial charge is 0.419 e. The molecule has 1 saturated heterocycles. The van der Waals surface area contributed by atoms with Crippen molar-refractivity contribution in [3.8, 4) is 33.7 Å². The summed E-state index contributed by atoms with van der Waals surface area (Å²) in [6.45, 7) is 2.36. The first-order chi connectivity index (χ1) is 22.6. The lowest BCUT2D eigenvalue weighted by atomic mass is 9.93. The molecule has 238 valence electrons. The van der Waals surface area contributed by atoms with Crippen molar-refractivity contribution >= 4 is 23.7 Å². The van der Waals surface area contributed by atoms with Crippen LogP contribution in [0, 0.1) is 5.82 Å². The zero-order valence-electron chi connectivity index (χ0n) is 25.6. The molecule has 0 saturated carbocycles. The SMILES string of the molecule is CC1(F)CCN(C(=O)c2ccc(-c3ccc(-c4nnc(CNC(=O)/C=C/c5ccc(N)nc5)o4)c(-c4ccc(F)cc4)c3)cc2)CC1. The molecule has 3 aromatic carbocycles. The zero-order chi connectivity index (χ0) is 33.0. The number of rotatable bonds is 8. The number of halogens is 2. The monoisotopic (exact) mass is 634 g/mol. The van der Waals surface area contributed by atoms with Crippen molar-refractivity contribution in [2.75, 3.05) is 18.8 Å². The second kappa shape index (κ2) is 13.3. The number of benzene rings is 3. The van der Waals surface area contributed by atoms with Crippen LogP contribution in [-0.2, 0) is 11.3 Å². The number of anilines is 1. The summed E-state index contributed by atoms with van der Waals surface area (Å²) in [4.78, 5) is 31.0. The highest BCUT2D eigenvalue weighted by molar-refractivity contribution is 5.95. The Bertz CT molecular complexity index is 1910. The molecule has 1 aliphatic heterocycles. The van der Waals surface area contributed by atoms with Gasteiger partial charge in [-0.1, -0.05) is 30.3 Å². The lowest BCUT2D eigenvalue weighted by Crippen LogP contribution is -2.43. The number of hydrogen-bond donors (Lipinski definition) is 2. The summed E-state index contributed by atoms with van der Waals surface area (Å²) in [5, 5.41) is 11.0. The number of likely N-dealkylation sites (tertiary alicyclic amines) is 1. The molecule has 0 spiro atoms. The molecule has 0 unspecified atom stereocenters. The Morgan fingerprint density at radius 2 is 1.64 bits per heavy atom. The Balaban J connectivity index is 1.20. The van der Waals surface area contributed by atoms with E-state index in [0.29, 0.717) is 42.9 Å². The van der Waals surface area contributed by atoms with Crippen molar-refractivity contribution in [3.05, 3.63) is 114 Å². The normalized spacial score (nSPS) is 14.3. The molecule has 2 amide bonds. The van der Waals surface area contributed by atoms with E-state index in [4.69, 9.17) is 10.2 Å². The van der Waals surface area contributed by atoms with Crippen LogP contribution in [-0.4, -0.2) is 50.7 Å². The fourth-order valence-corrected chi connectivity index (χ4v) is 5.29. The number of pyridine rings is 1.